The molecule has 7 heteroatoms. The first-order valence-electron chi connectivity index (χ1n) is 9.64. The highest BCUT2D eigenvalue weighted by Crippen LogP contribution is 2.29. The Morgan fingerprint density at radius 2 is 1.87 bits per heavy atom. The standard InChI is InChI=1S/C23H21N3O3S/c1-3-29-19(27)14-30-23-25-20-17(16-10-5-4-6-11-16)13-24-21(20)22(28)26(23)18-12-8-7-9-15(18)2/h4-13,24H,3,14H2,1-2H3. The van der Waals surface area contributed by atoms with E-state index in [4.69, 9.17) is 9.72 Å². The van der Waals surface area contributed by atoms with Crippen molar-refractivity contribution in [3.63, 3.8) is 0 Å². The fourth-order valence-electron chi connectivity index (χ4n) is 3.33. The molecule has 0 aliphatic heterocycles. The first-order valence-corrected chi connectivity index (χ1v) is 10.6. The van der Waals surface area contributed by atoms with Crippen molar-refractivity contribution in [2.45, 2.75) is 19.0 Å². The van der Waals surface area contributed by atoms with Gasteiger partial charge in [-0.1, -0.05) is 60.3 Å². The number of ether oxygens (including phenoxy) is 1. The van der Waals surface area contributed by atoms with Crippen LogP contribution in [0.25, 0.3) is 27.8 Å². The lowest BCUT2D eigenvalue weighted by Gasteiger charge is -2.14. The van der Waals surface area contributed by atoms with Crippen molar-refractivity contribution in [3.8, 4) is 16.8 Å². The summed E-state index contributed by atoms with van der Waals surface area (Å²) in [6.45, 7) is 4.02. The Morgan fingerprint density at radius 1 is 1.13 bits per heavy atom. The minimum Gasteiger partial charge on any atom is -0.465 e. The summed E-state index contributed by atoms with van der Waals surface area (Å²) in [6, 6.07) is 17.4. The summed E-state index contributed by atoms with van der Waals surface area (Å²) in [5.41, 5.74) is 4.29. The van der Waals surface area contributed by atoms with Crippen LogP contribution in [0.3, 0.4) is 0 Å². The Kier molecular flexibility index (Phi) is 5.72. The first kappa shape index (κ1) is 20.0. The van der Waals surface area contributed by atoms with Crippen LogP contribution in [0.5, 0.6) is 0 Å². The molecule has 2 heterocycles. The average molecular weight is 420 g/mol. The van der Waals surface area contributed by atoms with Gasteiger partial charge in [-0.25, -0.2) is 4.98 Å². The summed E-state index contributed by atoms with van der Waals surface area (Å²) in [6.07, 6.45) is 1.80. The molecule has 0 fully saturated rings. The SMILES string of the molecule is CCOC(=O)CSc1nc2c(-c3ccccc3)c[nH]c2c(=O)n1-c1ccccc1C. The molecule has 1 N–H and O–H groups in total. The van der Waals surface area contributed by atoms with E-state index in [2.05, 4.69) is 4.98 Å². The maximum Gasteiger partial charge on any atom is 0.316 e. The molecule has 2 aromatic heterocycles. The van der Waals surface area contributed by atoms with E-state index in [0.717, 1.165) is 22.4 Å². The molecule has 0 unspecified atom stereocenters. The van der Waals surface area contributed by atoms with Gasteiger partial charge in [-0.3, -0.25) is 14.2 Å². The van der Waals surface area contributed by atoms with Gasteiger partial charge in [0.05, 0.1) is 18.0 Å². The number of hydrogen-bond donors (Lipinski definition) is 1. The average Bonchev–Trinajstić information content (AvgIpc) is 3.18. The Labute approximate surface area is 177 Å². The number of carbonyl (C=O) groups excluding carboxylic acids is 1. The van der Waals surface area contributed by atoms with Gasteiger partial charge < -0.3 is 9.72 Å². The number of benzene rings is 2. The third-order valence-electron chi connectivity index (χ3n) is 4.73. The third-order valence-corrected chi connectivity index (χ3v) is 5.65. The largest absolute Gasteiger partial charge is 0.465 e. The third kappa shape index (κ3) is 3.76. The highest BCUT2D eigenvalue weighted by molar-refractivity contribution is 7.99. The van der Waals surface area contributed by atoms with Crippen LogP contribution >= 0.6 is 11.8 Å². The van der Waals surface area contributed by atoms with Gasteiger partial charge in [-0.15, -0.1) is 0 Å². The molecule has 0 radical (unpaired) electrons. The number of para-hydroxylation sites is 1. The number of aromatic amines is 1. The zero-order valence-corrected chi connectivity index (χ0v) is 17.5. The number of carbonyl (C=O) groups is 1. The second kappa shape index (κ2) is 8.59. The van der Waals surface area contributed by atoms with Crippen LogP contribution in [0.15, 0.2) is 70.7 Å². The van der Waals surface area contributed by atoms with Crippen LogP contribution in [-0.4, -0.2) is 32.9 Å². The number of nitrogens with one attached hydrogen (secondary N) is 1. The molecule has 0 aliphatic rings. The topological polar surface area (TPSA) is 77.0 Å². The van der Waals surface area contributed by atoms with Crippen LogP contribution in [-0.2, 0) is 9.53 Å². The molecule has 6 nitrogen and oxygen atoms in total. The van der Waals surface area contributed by atoms with E-state index in [1.54, 1.807) is 17.7 Å². The predicted octanol–water partition coefficient (Wildman–Crippen LogP) is 4.34. The fraction of sp³-hybridized carbons (Fsp3) is 0.174. The molecule has 152 valence electrons. The van der Waals surface area contributed by atoms with Gasteiger partial charge in [0.15, 0.2) is 5.16 Å². The van der Waals surface area contributed by atoms with Gasteiger partial charge >= 0.3 is 5.97 Å². The van der Waals surface area contributed by atoms with E-state index in [0.29, 0.717) is 22.8 Å². The predicted molar refractivity (Wildman–Crippen MR) is 119 cm³/mol. The van der Waals surface area contributed by atoms with E-state index < -0.39 is 0 Å². The normalized spacial score (nSPS) is 11.0. The monoisotopic (exact) mass is 419 g/mol. The van der Waals surface area contributed by atoms with Crippen LogP contribution in [0.2, 0.25) is 0 Å². The van der Waals surface area contributed by atoms with E-state index in [9.17, 15) is 9.59 Å². The molecule has 0 saturated heterocycles. The number of esters is 1. The summed E-state index contributed by atoms with van der Waals surface area (Å²) >= 11 is 1.20. The van der Waals surface area contributed by atoms with Crippen molar-refractivity contribution in [1.82, 2.24) is 14.5 Å². The summed E-state index contributed by atoms with van der Waals surface area (Å²) < 4.78 is 6.61. The van der Waals surface area contributed by atoms with Crippen LogP contribution in [0.4, 0.5) is 0 Å². The van der Waals surface area contributed by atoms with Crippen molar-refractivity contribution >= 4 is 28.8 Å². The number of fused-ring (bicyclic) bond motifs is 1. The van der Waals surface area contributed by atoms with Gasteiger partial charge in [-0.05, 0) is 31.0 Å². The van der Waals surface area contributed by atoms with E-state index in [1.807, 2.05) is 61.5 Å². The van der Waals surface area contributed by atoms with E-state index in [1.165, 1.54) is 11.8 Å². The van der Waals surface area contributed by atoms with Crippen LogP contribution in [0, 0.1) is 6.92 Å². The number of nitrogens with zero attached hydrogens (tertiary/aromatic N) is 2. The number of rotatable bonds is 6. The summed E-state index contributed by atoms with van der Waals surface area (Å²) in [5.74, 6) is -0.270. The Balaban J connectivity index is 1.92. The lowest BCUT2D eigenvalue weighted by molar-refractivity contribution is -0.139. The van der Waals surface area contributed by atoms with Crippen molar-refractivity contribution < 1.29 is 9.53 Å². The fourth-order valence-corrected chi connectivity index (χ4v) is 4.12. The summed E-state index contributed by atoms with van der Waals surface area (Å²) in [4.78, 5) is 33.3. The molecule has 0 atom stereocenters. The molecule has 4 rings (SSSR count). The van der Waals surface area contributed by atoms with Crippen molar-refractivity contribution in [2.75, 3.05) is 12.4 Å². The summed E-state index contributed by atoms with van der Waals surface area (Å²) in [7, 11) is 0. The van der Waals surface area contributed by atoms with Gasteiger partial charge in [0.25, 0.3) is 5.56 Å². The molecule has 0 amide bonds. The maximum atomic E-state index is 13.5. The minimum atomic E-state index is -0.342. The molecule has 0 spiro atoms. The zero-order chi connectivity index (χ0) is 21.1. The number of H-pyrrole nitrogens is 1. The molecular weight excluding hydrogens is 398 g/mol. The smallest absolute Gasteiger partial charge is 0.316 e. The van der Waals surface area contributed by atoms with Crippen LogP contribution < -0.4 is 5.56 Å². The number of aryl methyl sites for hydroxylation is 1. The Bertz CT molecular complexity index is 1260. The van der Waals surface area contributed by atoms with Gasteiger partial charge in [0.2, 0.25) is 0 Å². The van der Waals surface area contributed by atoms with E-state index in [-0.39, 0.29) is 17.3 Å². The van der Waals surface area contributed by atoms with Crippen LogP contribution in [0.1, 0.15) is 12.5 Å². The number of aromatic nitrogens is 3. The first-order chi connectivity index (χ1) is 14.6. The molecule has 0 aliphatic carbocycles. The molecule has 4 aromatic rings. The maximum absolute atomic E-state index is 13.5. The van der Waals surface area contributed by atoms with Crippen molar-refractivity contribution in [2.24, 2.45) is 0 Å². The quantitative estimate of drug-likeness (QED) is 0.286. The molecule has 0 bridgehead atoms. The summed E-state index contributed by atoms with van der Waals surface area (Å²) in [5, 5.41) is 0.451. The van der Waals surface area contributed by atoms with Crippen molar-refractivity contribution in [1.29, 1.82) is 0 Å². The second-order valence-corrected chi connectivity index (χ2v) is 7.65. The van der Waals surface area contributed by atoms with Gasteiger partial charge in [0, 0.05) is 11.8 Å². The molecular formula is C23H21N3O3S. The Morgan fingerprint density at radius 3 is 2.60 bits per heavy atom. The molecule has 2 aromatic carbocycles. The molecule has 0 saturated carbocycles. The lowest BCUT2D eigenvalue weighted by Crippen LogP contribution is -2.23. The lowest BCUT2D eigenvalue weighted by atomic mass is 10.1. The van der Waals surface area contributed by atoms with E-state index >= 15 is 0 Å². The minimum absolute atomic E-state index is 0.0722. The highest BCUT2D eigenvalue weighted by atomic mass is 32.2. The van der Waals surface area contributed by atoms with Gasteiger partial charge in [0.1, 0.15) is 11.0 Å². The molecule has 30 heavy (non-hydrogen) atoms. The van der Waals surface area contributed by atoms with Gasteiger partial charge in [-0.2, -0.15) is 0 Å². The number of thioether (sulfide) groups is 1. The second-order valence-electron chi connectivity index (χ2n) is 6.71. The zero-order valence-electron chi connectivity index (χ0n) is 16.7. The number of hydrogen-bond acceptors (Lipinski definition) is 5. The highest BCUT2D eigenvalue weighted by Gasteiger charge is 2.19. The van der Waals surface area contributed by atoms with Crippen molar-refractivity contribution in [3.05, 3.63) is 76.7 Å². The Hall–Kier alpha value is -3.32.